The van der Waals surface area contributed by atoms with Gasteiger partial charge in [0.25, 0.3) is 0 Å². The molecule has 1 atom stereocenters. The molecule has 2 aliphatic rings. The fourth-order valence-electron chi connectivity index (χ4n) is 2.67. The van der Waals surface area contributed by atoms with E-state index in [-0.39, 0.29) is 5.78 Å². The first-order valence-electron chi connectivity index (χ1n) is 6.33. The molecule has 0 radical (unpaired) electrons. The normalized spacial score (nSPS) is 26.7. The molecule has 2 aliphatic heterocycles. The summed E-state index contributed by atoms with van der Waals surface area (Å²) in [5.41, 5.74) is 1.47. The highest BCUT2D eigenvalue weighted by molar-refractivity contribution is 6.09. The molecule has 3 nitrogen and oxygen atoms in total. The third-order valence-electron chi connectivity index (χ3n) is 3.59. The van der Waals surface area contributed by atoms with Crippen molar-refractivity contribution in [1.82, 2.24) is 0 Å². The zero-order chi connectivity index (χ0) is 12.6. The van der Waals surface area contributed by atoms with E-state index in [1.54, 1.807) is 0 Å². The molecule has 0 aliphatic carbocycles. The monoisotopic (exact) mass is 244 g/mol. The second-order valence-corrected chi connectivity index (χ2v) is 4.87. The van der Waals surface area contributed by atoms with Crippen molar-refractivity contribution in [3.05, 3.63) is 47.2 Å². The quantitative estimate of drug-likeness (QED) is 0.750. The molecule has 94 valence electrons. The Balaban J connectivity index is 1.85. The minimum atomic E-state index is -0.552. The number of allylic oxidation sites excluding steroid dienone is 1. The third kappa shape index (κ3) is 1.85. The van der Waals surface area contributed by atoms with Crippen molar-refractivity contribution < 1.29 is 14.3 Å². The summed E-state index contributed by atoms with van der Waals surface area (Å²) in [6.45, 7) is 2.58. The summed E-state index contributed by atoms with van der Waals surface area (Å²) >= 11 is 0. The van der Waals surface area contributed by atoms with Crippen molar-refractivity contribution in [2.45, 2.75) is 32.0 Å². The molecule has 18 heavy (non-hydrogen) atoms. The van der Waals surface area contributed by atoms with Crippen LogP contribution in [0.3, 0.4) is 0 Å². The van der Waals surface area contributed by atoms with Crippen LogP contribution in [0, 0.1) is 0 Å². The second-order valence-electron chi connectivity index (χ2n) is 4.87. The Hall–Kier alpha value is -1.61. The fraction of sp³-hybridized carbons (Fsp3) is 0.400. The van der Waals surface area contributed by atoms with Gasteiger partial charge in [0.15, 0.2) is 5.78 Å². The Bertz CT molecular complexity index is 496. The van der Waals surface area contributed by atoms with Crippen molar-refractivity contribution in [3.63, 3.8) is 0 Å². The predicted molar refractivity (Wildman–Crippen MR) is 67.1 cm³/mol. The average Bonchev–Trinajstić information content (AvgIpc) is 2.97. The molecule has 2 heterocycles. The fourth-order valence-corrected chi connectivity index (χ4v) is 2.67. The molecule has 1 aromatic rings. The summed E-state index contributed by atoms with van der Waals surface area (Å²) in [6, 6.07) is 9.33. The summed E-state index contributed by atoms with van der Waals surface area (Å²) in [6.07, 6.45) is 2.45. The van der Waals surface area contributed by atoms with E-state index in [1.165, 1.54) is 0 Å². The highest BCUT2D eigenvalue weighted by Gasteiger charge is 2.45. The first-order valence-corrected chi connectivity index (χ1v) is 6.33. The number of carbonyl (C=O) groups is 1. The van der Waals surface area contributed by atoms with Crippen LogP contribution in [0.4, 0.5) is 0 Å². The first-order chi connectivity index (χ1) is 8.70. The smallest absolute Gasteiger partial charge is 0.214 e. The van der Waals surface area contributed by atoms with E-state index < -0.39 is 5.79 Å². The summed E-state index contributed by atoms with van der Waals surface area (Å²) in [5, 5.41) is 0. The Morgan fingerprint density at radius 2 is 2.06 bits per heavy atom. The molecular formula is C15H16O3. The minimum Gasteiger partial charge on any atom is -0.466 e. The Morgan fingerprint density at radius 1 is 1.28 bits per heavy atom. The number of Topliss-reactive ketones (excluding diaryl/α,β-unsaturated/α-hetero) is 1. The molecule has 1 aromatic carbocycles. The maximum absolute atomic E-state index is 12.4. The third-order valence-corrected chi connectivity index (χ3v) is 3.59. The van der Waals surface area contributed by atoms with Crippen LogP contribution in [0.5, 0.6) is 0 Å². The van der Waals surface area contributed by atoms with Crippen molar-refractivity contribution >= 4 is 5.78 Å². The molecule has 0 amide bonds. The number of carbonyl (C=O) groups excluding carboxylic acids is 1. The van der Waals surface area contributed by atoms with Crippen molar-refractivity contribution in [2.24, 2.45) is 0 Å². The predicted octanol–water partition coefficient (Wildman–Crippen LogP) is 3.07. The zero-order valence-electron chi connectivity index (χ0n) is 10.4. The van der Waals surface area contributed by atoms with E-state index in [0.717, 1.165) is 25.0 Å². The van der Waals surface area contributed by atoms with Gasteiger partial charge in [-0.3, -0.25) is 4.79 Å². The number of hydrogen-bond acceptors (Lipinski definition) is 3. The SMILES string of the molecule is CC1=C(C(=O)c2ccccc2)CC2(CCCO2)O1. The van der Waals surface area contributed by atoms with E-state index in [0.29, 0.717) is 17.7 Å². The standard InChI is InChI=1S/C15H16O3/c1-11-13(10-15(18-11)8-5-9-17-15)14(16)12-6-3-2-4-7-12/h2-4,6-7H,5,8-10H2,1H3. The van der Waals surface area contributed by atoms with Gasteiger partial charge in [0.05, 0.1) is 6.61 Å². The van der Waals surface area contributed by atoms with E-state index in [1.807, 2.05) is 37.3 Å². The maximum Gasteiger partial charge on any atom is 0.214 e. The van der Waals surface area contributed by atoms with Gasteiger partial charge in [-0.1, -0.05) is 30.3 Å². The average molecular weight is 244 g/mol. The van der Waals surface area contributed by atoms with Crippen LogP contribution in [-0.4, -0.2) is 18.2 Å². The van der Waals surface area contributed by atoms with Gasteiger partial charge in [-0.05, 0) is 13.3 Å². The van der Waals surface area contributed by atoms with Crippen LogP contribution in [0.1, 0.15) is 36.5 Å². The first kappa shape index (κ1) is 11.5. The molecule has 3 rings (SSSR count). The Morgan fingerprint density at radius 3 is 2.72 bits per heavy atom. The van der Waals surface area contributed by atoms with Crippen molar-refractivity contribution in [3.8, 4) is 0 Å². The van der Waals surface area contributed by atoms with Crippen molar-refractivity contribution in [2.75, 3.05) is 6.61 Å². The van der Waals surface area contributed by atoms with Gasteiger partial charge >= 0.3 is 0 Å². The van der Waals surface area contributed by atoms with Crippen LogP contribution < -0.4 is 0 Å². The van der Waals surface area contributed by atoms with E-state index >= 15 is 0 Å². The molecule has 1 unspecified atom stereocenters. The van der Waals surface area contributed by atoms with Crippen LogP contribution >= 0.6 is 0 Å². The molecule has 0 bridgehead atoms. The summed E-state index contributed by atoms with van der Waals surface area (Å²) in [4.78, 5) is 12.4. The summed E-state index contributed by atoms with van der Waals surface area (Å²) in [5.74, 6) is 0.218. The minimum absolute atomic E-state index is 0.0560. The van der Waals surface area contributed by atoms with Gasteiger partial charge < -0.3 is 9.47 Å². The number of ether oxygens (including phenoxy) is 2. The van der Waals surface area contributed by atoms with Gasteiger partial charge in [0.2, 0.25) is 5.79 Å². The lowest BCUT2D eigenvalue weighted by molar-refractivity contribution is -0.169. The van der Waals surface area contributed by atoms with Crippen LogP contribution in [0.2, 0.25) is 0 Å². The number of rotatable bonds is 2. The zero-order valence-corrected chi connectivity index (χ0v) is 10.4. The van der Waals surface area contributed by atoms with Crippen LogP contribution in [0.25, 0.3) is 0 Å². The summed E-state index contributed by atoms with van der Waals surface area (Å²) < 4.78 is 11.5. The van der Waals surface area contributed by atoms with Crippen LogP contribution in [0.15, 0.2) is 41.7 Å². The number of benzene rings is 1. The molecule has 1 spiro atoms. The maximum atomic E-state index is 12.4. The molecule has 0 aromatic heterocycles. The van der Waals surface area contributed by atoms with Gasteiger partial charge in [-0.15, -0.1) is 0 Å². The van der Waals surface area contributed by atoms with E-state index in [9.17, 15) is 4.79 Å². The Labute approximate surface area is 106 Å². The molecule has 1 fully saturated rings. The highest BCUT2D eigenvalue weighted by Crippen LogP contribution is 2.42. The molecular weight excluding hydrogens is 228 g/mol. The highest BCUT2D eigenvalue weighted by atomic mass is 16.7. The van der Waals surface area contributed by atoms with Crippen LogP contribution in [-0.2, 0) is 9.47 Å². The lowest BCUT2D eigenvalue weighted by atomic mass is 9.97. The molecule has 0 saturated carbocycles. The molecule has 1 saturated heterocycles. The molecule has 3 heteroatoms. The number of ketones is 1. The Kier molecular flexibility index (Phi) is 2.71. The lowest BCUT2D eigenvalue weighted by Gasteiger charge is -2.22. The van der Waals surface area contributed by atoms with Gasteiger partial charge in [0, 0.05) is 24.0 Å². The van der Waals surface area contributed by atoms with E-state index in [2.05, 4.69) is 0 Å². The van der Waals surface area contributed by atoms with Gasteiger partial charge in [0.1, 0.15) is 5.76 Å². The second kappa shape index (κ2) is 4.25. The summed E-state index contributed by atoms with van der Waals surface area (Å²) in [7, 11) is 0. The largest absolute Gasteiger partial charge is 0.466 e. The molecule has 0 N–H and O–H groups in total. The topological polar surface area (TPSA) is 35.5 Å². The van der Waals surface area contributed by atoms with E-state index in [4.69, 9.17) is 9.47 Å². The van der Waals surface area contributed by atoms with Gasteiger partial charge in [-0.2, -0.15) is 0 Å². The van der Waals surface area contributed by atoms with Gasteiger partial charge in [-0.25, -0.2) is 0 Å². The lowest BCUT2D eigenvalue weighted by Crippen LogP contribution is -2.27. The van der Waals surface area contributed by atoms with Crippen molar-refractivity contribution in [1.29, 1.82) is 0 Å². The number of hydrogen-bond donors (Lipinski definition) is 0.